The third-order valence-corrected chi connectivity index (χ3v) is 5.08. The van der Waals surface area contributed by atoms with Crippen LogP contribution < -0.4 is 0 Å². The molecule has 1 aromatic carbocycles. The molecule has 3 rings (SSSR count). The largest absolute Gasteiger partial charge is 0.445 e. The first kappa shape index (κ1) is 18.0. The van der Waals surface area contributed by atoms with E-state index in [1.165, 1.54) is 5.57 Å². The molecule has 5 nitrogen and oxygen atoms in total. The Morgan fingerprint density at radius 2 is 1.96 bits per heavy atom. The summed E-state index contributed by atoms with van der Waals surface area (Å²) in [6, 6.07) is 10.2. The van der Waals surface area contributed by atoms with Crippen molar-refractivity contribution in [2.75, 3.05) is 14.2 Å². The van der Waals surface area contributed by atoms with Gasteiger partial charge in [-0.15, -0.1) is 0 Å². The Kier molecular flexibility index (Phi) is 6.10. The van der Waals surface area contributed by atoms with E-state index in [1.54, 1.807) is 14.2 Å². The van der Waals surface area contributed by atoms with Gasteiger partial charge in [0.2, 0.25) is 0 Å². The average molecular weight is 345 g/mol. The van der Waals surface area contributed by atoms with Crippen LogP contribution in [0, 0.1) is 0 Å². The van der Waals surface area contributed by atoms with Crippen LogP contribution in [-0.4, -0.2) is 43.6 Å². The van der Waals surface area contributed by atoms with Crippen molar-refractivity contribution in [2.24, 2.45) is 0 Å². The third-order valence-electron chi connectivity index (χ3n) is 5.08. The van der Waals surface area contributed by atoms with Gasteiger partial charge in [-0.05, 0) is 31.2 Å². The Hall–Kier alpha value is -1.85. The number of piperidine rings is 1. The van der Waals surface area contributed by atoms with Gasteiger partial charge in [0.25, 0.3) is 0 Å². The lowest BCUT2D eigenvalue weighted by Crippen LogP contribution is -2.52. The number of ether oxygens (including phenoxy) is 3. The molecule has 5 heteroatoms. The van der Waals surface area contributed by atoms with Crippen molar-refractivity contribution in [2.45, 2.75) is 57.1 Å². The Morgan fingerprint density at radius 1 is 1.20 bits per heavy atom. The first-order valence-electron chi connectivity index (χ1n) is 8.95. The summed E-state index contributed by atoms with van der Waals surface area (Å²) in [4.78, 5) is 14.6. The summed E-state index contributed by atoms with van der Waals surface area (Å²) in [6.07, 6.45) is 6.59. The summed E-state index contributed by atoms with van der Waals surface area (Å²) in [5.41, 5.74) is 2.33. The van der Waals surface area contributed by atoms with Crippen LogP contribution in [0.1, 0.15) is 37.7 Å². The smallest absolute Gasteiger partial charge is 0.410 e. The molecule has 0 saturated carbocycles. The van der Waals surface area contributed by atoms with Gasteiger partial charge in [0, 0.05) is 26.7 Å². The lowest BCUT2D eigenvalue weighted by Gasteiger charge is -2.44. The van der Waals surface area contributed by atoms with Crippen LogP contribution in [0.15, 0.2) is 42.0 Å². The maximum Gasteiger partial charge on any atom is 0.410 e. The summed E-state index contributed by atoms with van der Waals surface area (Å²) in [5, 5.41) is 0. The van der Waals surface area contributed by atoms with Gasteiger partial charge in [-0.3, -0.25) is 4.90 Å². The minimum Gasteiger partial charge on any atom is -0.445 e. The highest BCUT2D eigenvalue weighted by Crippen LogP contribution is 2.35. The predicted molar refractivity (Wildman–Crippen MR) is 95.0 cm³/mol. The van der Waals surface area contributed by atoms with Gasteiger partial charge in [0.15, 0.2) is 6.29 Å². The number of fused-ring (bicyclic) bond motifs is 2. The standard InChI is InChI=1S/C20H27NO4/c1-23-19(24-2)13-16-11-17-9-6-10-18(12-16)21(17)20(22)25-14-15-7-4-3-5-8-15/h3-5,7-8,11,17-19H,6,9-10,12-14H2,1-2H3. The van der Waals surface area contributed by atoms with Crippen LogP contribution >= 0.6 is 0 Å². The lowest BCUT2D eigenvalue weighted by atomic mass is 9.84. The zero-order valence-corrected chi connectivity index (χ0v) is 15.0. The highest BCUT2D eigenvalue weighted by Gasteiger charge is 2.38. The van der Waals surface area contributed by atoms with E-state index in [9.17, 15) is 4.79 Å². The summed E-state index contributed by atoms with van der Waals surface area (Å²) in [5.74, 6) is 0. The van der Waals surface area contributed by atoms with Crippen LogP contribution in [0.5, 0.6) is 0 Å². The zero-order valence-electron chi connectivity index (χ0n) is 15.0. The molecule has 2 atom stereocenters. The molecule has 1 saturated heterocycles. The highest BCUT2D eigenvalue weighted by molar-refractivity contribution is 5.69. The van der Waals surface area contributed by atoms with E-state index in [0.29, 0.717) is 6.61 Å². The van der Waals surface area contributed by atoms with Crippen LogP contribution in [0.25, 0.3) is 0 Å². The number of rotatable bonds is 6. The number of amides is 1. The third kappa shape index (κ3) is 4.41. The summed E-state index contributed by atoms with van der Waals surface area (Å²) >= 11 is 0. The molecule has 2 bridgehead atoms. The summed E-state index contributed by atoms with van der Waals surface area (Å²) in [6.45, 7) is 0.321. The molecule has 1 amide bonds. The van der Waals surface area contributed by atoms with Crippen LogP contribution in [0.3, 0.4) is 0 Å². The number of benzene rings is 1. The van der Waals surface area contributed by atoms with Crippen molar-refractivity contribution in [3.05, 3.63) is 47.5 Å². The minimum atomic E-state index is -0.219. The van der Waals surface area contributed by atoms with Crippen molar-refractivity contribution in [3.63, 3.8) is 0 Å². The fourth-order valence-electron chi connectivity index (χ4n) is 3.83. The first-order valence-corrected chi connectivity index (χ1v) is 8.95. The molecule has 25 heavy (non-hydrogen) atoms. The average Bonchev–Trinajstić information content (AvgIpc) is 2.64. The maximum absolute atomic E-state index is 12.7. The topological polar surface area (TPSA) is 48.0 Å². The van der Waals surface area contributed by atoms with Gasteiger partial charge in [-0.1, -0.05) is 42.0 Å². The van der Waals surface area contributed by atoms with Gasteiger partial charge in [-0.25, -0.2) is 4.79 Å². The predicted octanol–water partition coefficient (Wildman–Crippen LogP) is 3.89. The van der Waals surface area contributed by atoms with E-state index in [4.69, 9.17) is 14.2 Å². The van der Waals surface area contributed by atoms with Crippen molar-refractivity contribution in [1.82, 2.24) is 4.90 Å². The zero-order chi connectivity index (χ0) is 17.6. The van der Waals surface area contributed by atoms with Gasteiger partial charge >= 0.3 is 6.09 Å². The number of methoxy groups -OCH3 is 2. The number of hydrogen-bond acceptors (Lipinski definition) is 4. The lowest BCUT2D eigenvalue weighted by molar-refractivity contribution is -0.101. The molecular formula is C20H27NO4. The number of carbonyl (C=O) groups excluding carboxylic acids is 1. The van der Waals surface area contributed by atoms with Crippen LogP contribution in [0.4, 0.5) is 4.79 Å². The quantitative estimate of drug-likeness (QED) is 0.580. The second-order valence-electron chi connectivity index (χ2n) is 6.73. The fraction of sp³-hybridized carbons (Fsp3) is 0.550. The van der Waals surface area contributed by atoms with E-state index >= 15 is 0 Å². The van der Waals surface area contributed by atoms with Gasteiger partial charge in [0.05, 0.1) is 6.04 Å². The van der Waals surface area contributed by atoms with Crippen molar-refractivity contribution >= 4 is 6.09 Å². The SMILES string of the molecule is COC(CC1=CC2CCCC(C1)N2C(=O)OCc1ccccc1)OC. The molecule has 2 aliphatic heterocycles. The monoisotopic (exact) mass is 345 g/mol. The highest BCUT2D eigenvalue weighted by atomic mass is 16.7. The van der Waals surface area contributed by atoms with Crippen molar-refractivity contribution in [1.29, 1.82) is 0 Å². The fourth-order valence-corrected chi connectivity index (χ4v) is 3.83. The Bertz CT molecular complexity index is 597. The van der Waals surface area contributed by atoms with Gasteiger partial charge in [0.1, 0.15) is 6.61 Å². The van der Waals surface area contributed by atoms with Gasteiger partial charge < -0.3 is 14.2 Å². The molecule has 0 spiro atoms. The Balaban J connectivity index is 1.64. The number of nitrogens with zero attached hydrogens (tertiary/aromatic N) is 1. The van der Waals surface area contributed by atoms with Crippen molar-refractivity contribution in [3.8, 4) is 0 Å². The molecule has 1 aromatic rings. The van der Waals surface area contributed by atoms with Gasteiger partial charge in [-0.2, -0.15) is 0 Å². The maximum atomic E-state index is 12.7. The molecule has 136 valence electrons. The molecule has 1 fully saturated rings. The molecular weight excluding hydrogens is 318 g/mol. The van der Waals surface area contributed by atoms with E-state index in [-0.39, 0.29) is 24.5 Å². The van der Waals surface area contributed by atoms with Crippen LogP contribution in [0.2, 0.25) is 0 Å². The molecule has 0 radical (unpaired) electrons. The molecule has 0 aliphatic carbocycles. The second kappa shape index (κ2) is 8.50. The molecule has 0 aromatic heterocycles. The molecule has 2 aliphatic rings. The summed E-state index contributed by atoms with van der Waals surface area (Å²) < 4.78 is 16.2. The molecule has 2 heterocycles. The first-order chi connectivity index (χ1) is 12.2. The Labute approximate surface area is 149 Å². The van der Waals surface area contributed by atoms with E-state index in [0.717, 1.165) is 37.7 Å². The molecule has 2 unspecified atom stereocenters. The number of carbonyl (C=O) groups is 1. The van der Waals surface area contributed by atoms with E-state index < -0.39 is 0 Å². The van der Waals surface area contributed by atoms with E-state index in [2.05, 4.69) is 6.08 Å². The second-order valence-corrected chi connectivity index (χ2v) is 6.73. The minimum absolute atomic E-state index is 0.125. The number of hydrogen-bond donors (Lipinski definition) is 0. The van der Waals surface area contributed by atoms with Crippen LogP contribution in [-0.2, 0) is 20.8 Å². The Morgan fingerprint density at radius 3 is 2.64 bits per heavy atom. The summed E-state index contributed by atoms with van der Waals surface area (Å²) in [7, 11) is 3.32. The normalized spacial score (nSPS) is 22.7. The molecule has 0 N–H and O–H groups in total. The van der Waals surface area contributed by atoms with E-state index in [1.807, 2.05) is 35.2 Å². The van der Waals surface area contributed by atoms with Crippen molar-refractivity contribution < 1.29 is 19.0 Å².